The smallest absolute Gasteiger partial charge is 0.0993 e. The van der Waals surface area contributed by atoms with Crippen LogP contribution in [0.4, 0.5) is 0 Å². The van der Waals surface area contributed by atoms with E-state index in [2.05, 4.69) is 70.1 Å². The van der Waals surface area contributed by atoms with Gasteiger partial charge in [0.15, 0.2) is 0 Å². The number of nitrogens with zero attached hydrogens (tertiary/aromatic N) is 1. The fourth-order valence-electron chi connectivity index (χ4n) is 5.23. The van der Waals surface area contributed by atoms with Crippen LogP contribution in [0.1, 0.15) is 45.6 Å². The molecular formula is C24H33NO5-2. The van der Waals surface area contributed by atoms with Gasteiger partial charge in [0, 0.05) is 12.0 Å². The summed E-state index contributed by atoms with van der Waals surface area (Å²) >= 11 is 0. The molecule has 0 N–H and O–H groups in total. The normalized spacial score (nSPS) is 29.1. The Morgan fingerprint density at radius 3 is 2.07 bits per heavy atom. The third kappa shape index (κ3) is 4.60. The van der Waals surface area contributed by atoms with Crippen LogP contribution in [0.5, 0.6) is 0 Å². The van der Waals surface area contributed by atoms with Crippen LogP contribution in [0.3, 0.4) is 0 Å². The van der Waals surface area contributed by atoms with Gasteiger partial charge in [-0.3, -0.25) is 0 Å². The third-order valence-corrected chi connectivity index (χ3v) is 7.34. The molecule has 3 atom stereocenters. The molecule has 2 saturated carbocycles. The number of rotatable bonds is 7. The predicted octanol–water partition coefficient (Wildman–Crippen LogP) is 1.35. The molecular weight excluding hydrogens is 382 g/mol. The maximum absolute atomic E-state index is 9.41. The van der Waals surface area contributed by atoms with Crippen molar-refractivity contribution < 1.29 is 24.5 Å². The molecule has 0 aromatic heterocycles. The predicted molar refractivity (Wildman–Crippen MR) is 111 cm³/mol. The number of carbonyl (C=O) groups is 2. The Bertz CT molecular complexity index is 757. The van der Waals surface area contributed by atoms with Crippen LogP contribution in [0.15, 0.2) is 42.5 Å². The molecule has 0 saturated heterocycles. The zero-order valence-electron chi connectivity index (χ0n) is 18.6. The van der Waals surface area contributed by atoms with Crippen molar-refractivity contribution in [2.24, 2.45) is 16.7 Å². The first-order valence-corrected chi connectivity index (χ1v) is 10.4. The molecule has 6 heteroatoms. The SMILES string of the molecule is CN(C)CCO[C@]1(c2ccccc2)C[C@H]2CC[C@]1(C)C2(C)C.O=C([O-])/C=C/C(=O)[O-]. The van der Waals surface area contributed by atoms with Gasteiger partial charge < -0.3 is 29.4 Å². The minimum absolute atomic E-state index is 0.114. The summed E-state index contributed by atoms with van der Waals surface area (Å²) in [6, 6.07) is 11.0. The van der Waals surface area contributed by atoms with E-state index in [0.29, 0.717) is 17.6 Å². The topological polar surface area (TPSA) is 92.7 Å². The van der Waals surface area contributed by atoms with E-state index in [1.807, 2.05) is 0 Å². The van der Waals surface area contributed by atoms with E-state index in [4.69, 9.17) is 4.74 Å². The highest BCUT2D eigenvalue weighted by Crippen LogP contribution is 2.73. The number of aliphatic carboxylic acids is 2. The van der Waals surface area contributed by atoms with Crippen LogP contribution in [0, 0.1) is 16.7 Å². The fourth-order valence-corrected chi connectivity index (χ4v) is 5.23. The summed E-state index contributed by atoms with van der Waals surface area (Å²) in [5.74, 6) is -2.32. The standard InChI is InChI=1S/C20H31NO.C4H4O4/c1-18(2)17-11-12-19(18,3)20(15-17,22-14-13-21(4)5)16-9-7-6-8-10-16;5-3(6)1-2-4(7)8/h6-10,17H,11-15H2,1-5H3;1-2H,(H,5,6)(H,7,8)/p-2/b;2-1+/t17-,19-,20+;/m1./s1. The van der Waals surface area contributed by atoms with E-state index < -0.39 is 11.9 Å². The fraction of sp³-hybridized carbons (Fsp3) is 0.583. The maximum Gasteiger partial charge on any atom is 0.0993 e. The number of fused-ring (bicyclic) bond motifs is 2. The molecule has 3 rings (SSSR count). The van der Waals surface area contributed by atoms with Gasteiger partial charge >= 0.3 is 0 Å². The van der Waals surface area contributed by atoms with Crippen molar-refractivity contribution in [3.05, 3.63) is 48.0 Å². The molecule has 0 heterocycles. The molecule has 2 bridgehead atoms. The molecule has 0 spiro atoms. The van der Waals surface area contributed by atoms with Crippen LogP contribution < -0.4 is 10.2 Å². The molecule has 0 aliphatic heterocycles. The first-order valence-electron chi connectivity index (χ1n) is 10.4. The number of carboxylic acid groups (broad SMARTS) is 2. The maximum atomic E-state index is 9.41. The monoisotopic (exact) mass is 415 g/mol. The number of carbonyl (C=O) groups excluding carboxylic acids is 2. The van der Waals surface area contributed by atoms with Gasteiger partial charge in [-0.25, -0.2) is 0 Å². The molecule has 2 fully saturated rings. The van der Waals surface area contributed by atoms with Crippen molar-refractivity contribution in [2.45, 2.75) is 45.6 Å². The molecule has 1 aromatic carbocycles. The Balaban J connectivity index is 0.000000343. The Morgan fingerprint density at radius 2 is 1.67 bits per heavy atom. The summed E-state index contributed by atoms with van der Waals surface area (Å²) in [7, 11) is 4.23. The Morgan fingerprint density at radius 1 is 1.10 bits per heavy atom. The first-order chi connectivity index (χ1) is 14.0. The third-order valence-electron chi connectivity index (χ3n) is 7.34. The van der Waals surface area contributed by atoms with Gasteiger partial charge in [0.2, 0.25) is 0 Å². The molecule has 166 valence electrons. The minimum atomic E-state index is -1.55. The van der Waals surface area contributed by atoms with Crippen LogP contribution in [-0.2, 0) is 19.9 Å². The van der Waals surface area contributed by atoms with E-state index in [9.17, 15) is 19.8 Å². The van der Waals surface area contributed by atoms with Crippen molar-refractivity contribution in [2.75, 3.05) is 27.2 Å². The largest absolute Gasteiger partial charge is 0.545 e. The van der Waals surface area contributed by atoms with Gasteiger partial charge in [-0.1, -0.05) is 51.1 Å². The lowest BCUT2D eigenvalue weighted by Crippen LogP contribution is -2.47. The number of likely N-dealkylation sites (N-methyl/N-ethyl adjacent to an activating group) is 1. The average Bonchev–Trinajstić information content (AvgIpc) is 3.00. The van der Waals surface area contributed by atoms with E-state index in [1.165, 1.54) is 24.8 Å². The molecule has 6 nitrogen and oxygen atoms in total. The number of hydrogen-bond acceptors (Lipinski definition) is 6. The molecule has 2 aliphatic carbocycles. The summed E-state index contributed by atoms with van der Waals surface area (Å²) in [6.45, 7) is 9.19. The Labute approximate surface area is 179 Å². The average molecular weight is 416 g/mol. The van der Waals surface area contributed by atoms with Crippen molar-refractivity contribution >= 4 is 11.9 Å². The quantitative estimate of drug-likeness (QED) is 0.624. The summed E-state index contributed by atoms with van der Waals surface area (Å²) in [6.07, 6.45) is 4.58. The summed E-state index contributed by atoms with van der Waals surface area (Å²) in [5, 5.41) is 18.8. The Hall–Kier alpha value is -2.18. The van der Waals surface area contributed by atoms with Crippen LogP contribution >= 0.6 is 0 Å². The molecule has 2 aliphatic rings. The zero-order valence-corrected chi connectivity index (χ0v) is 18.6. The molecule has 30 heavy (non-hydrogen) atoms. The van der Waals surface area contributed by atoms with E-state index in [-0.39, 0.29) is 11.0 Å². The highest BCUT2D eigenvalue weighted by Gasteiger charge is 2.69. The van der Waals surface area contributed by atoms with Gasteiger partial charge in [0.05, 0.1) is 24.1 Å². The van der Waals surface area contributed by atoms with Crippen LogP contribution in [0.25, 0.3) is 0 Å². The number of hydrogen-bond donors (Lipinski definition) is 0. The zero-order chi connectivity index (χ0) is 22.6. The lowest BCUT2D eigenvalue weighted by molar-refractivity contribution is -0.301. The second kappa shape index (κ2) is 9.31. The van der Waals surface area contributed by atoms with Gasteiger partial charge in [-0.15, -0.1) is 0 Å². The Kier molecular flexibility index (Phi) is 7.48. The minimum Gasteiger partial charge on any atom is -0.545 e. The van der Waals surface area contributed by atoms with E-state index in [1.54, 1.807) is 0 Å². The summed E-state index contributed by atoms with van der Waals surface area (Å²) in [4.78, 5) is 21.0. The number of ether oxygens (including phenoxy) is 1. The van der Waals surface area contributed by atoms with Crippen molar-refractivity contribution in [1.29, 1.82) is 0 Å². The summed E-state index contributed by atoms with van der Waals surface area (Å²) < 4.78 is 6.72. The molecule has 0 radical (unpaired) electrons. The number of benzene rings is 1. The lowest BCUT2D eigenvalue weighted by atomic mass is 9.62. The van der Waals surface area contributed by atoms with Crippen LogP contribution in [0.2, 0.25) is 0 Å². The second-order valence-electron chi connectivity index (χ2n) is 9.31. The lowest BCUT2D eigenvalue weighted by Gasteiger charge is -2.49. The second-order valence-corrected chi connectivity index (χ2v) is 9.31. The van der Waals surface area contributed by atoms with Crippen molar-refractivity contribution in [3.63, 3.8) is 0 Å². The van der Waals surface area contributed by atoms with Crippen LogP contribution in [-0.4, -0.2) is 44.1 Å². The van der Waals surface area contributed by atoms with Gasteiger partial charge in [0.25, 0.3) is 0 Å². The van der Waals surface area contributed by atoms with Crippen molar-refractivity contribution in [3.8, 4) is 0 Å². The number of carboxylic acids is 2. The molecule has 0 unspecified atom stereocenters. The molecule has 1 aromatic rings. The highest BCUT2D eigenvalue weighted by molar-refractivity contribution is 5.87. The van der Waals surface area contributed by atoms with Gasteiger partial charge in [-0.2, -0.15) is 0 Å². The summed E-state index contributed by atoms with van der Waals surface area (Å²) in [5.41, 5.74) is 1.84. The first kappa shape index (κ1) is 24.1. The van der Waals surface area contributed by atoms with Gasteiger partial charge in [0.1, 0.15) is 0 Å². The van der Waals surface area contributed by atoms with Crippen molar-refractivity contribution in [1.82, 2.24) is 4.90 Å². The van der Waals surface area contributed by atoms with E-state index in [0.717, 1.165) is 19.1 Å². The molecule has 0 amide bonds. The van der Waals surface area contributed by atoms with Gasteiger partial charge in [-0.05, 0) is 62.4 Å². The van der Waals surface area contributed by atoms with E-state index >= 15 is 0 Å². The highest BCUT2D eigenvalue weighted by atomic mass is 16.5.